The molecule has 0 saturated carbocycles. The van der Waals surface area contributed by atoms with Crippen LogP contribution in [0.15, 0.2) is 41.3 Å². The molecule has 1 fully saturated rings. The Morgan fingerprint density at radius 2 is 1.48 bits per heavy atom. The molecule has 156 valence electrons. The molecule has 0 radical (unpaired) electrons. The largest absolute Gasteiger partial charge is 0.336 e. The van der Waals surface area contributed by atoms with Crippen molar-refractivity contribution in [3.8, 4) is 0 Å². The van der Waals surface area contributed by atoms with Crippen LogP contribution in [-0.2, 0) is 10.0 Å². The van der Waals surface area contributed by atoms with E-state index in [0.717, 1.165) is 9.87 Å². The lowest BCUT2D eigenvalue weighted by atomic mass is 10.0. The van der Waals surface area contributed by atoms with Gasteiger partial charge in [-0.05, 0) is 35.7 Å². The van der Waals surface area contributed by atoms with Crippen LogP contribution >= 0.6 is 0 Å². The molecule has 0 spiro atoms. The zero-order valence-corrected chi connectivity index (χ0v) is 16.8. The molecule has 29 heavy (non-hydrogen) atoms. The summed E-state index contributed by atoms with van der Waals surface area (Å²) in [6.45, 7) is 4.16. The van der Waals surface area contributed by atoms with E-state index in [0.29, 0.717) is 23.6 Å². The lowest BCUT2D eigenvalue weighted by Gasteiger charge is -2.34. The van der Waals surface area contributed by atoms with Gasteiger partial charge >= 0.3 is 0 Å². The number of hydrogen-bond donors (Lipinski definition) is 0. The maximum atomic E-state index is 13.9. The molecule has 1 aliphatic heterocycles. The molecule has 0 N–H and O–H groups in total. The first-order chi connectivity index (χ1) is 13.6. The number of amides is 1. The maximum absolute atomic E-state index is 13.9. The van der Waals surface area contributed by atoms with Gasteiger partial charge in [0.1, 0.15) is 4.90 Å². The van der Waals surface area contributed by atoms with E-state index in [-0.39, 0.29) is 32.1 Å². The van der Waals surface area contributed by atoms with Crippen LogP contribution in [0.3, 0.4) is 0 Å². The second-order valence-corrected chi connectivity index (χ2v) is 9.05. The van der Waals surface area contributed by atoms with E-state index in [2.05, 4.69) is 0 Å². The lowest BCUT2D eigenvalue weighted by molar-refractivity contribution is 0.0697. The van der Waals surface area contributed by atoms with Crippen molar-refractivity contribution >= 4 is 15.9 Å². The van der Waals surface area contributed by atoms with Crippen molar-refractivity contribution in [2.24, 2.45) is 0 Å². The van der Waals surface area contributed by atoms with Gasteiger partial charge < -0.3 is 4.90 Å². The molecule has 0 unspecified atom stereocenters. The van der Waals surface area contributed by atoms with E-state index in [4.69, 9.17) is 0 Å². The monoisotopic (exact) mass is 426 g/mol. The fraction of sp³-hybridized carbons (Fsp3) is 0.350. The minimum atomic E-state index is -4.35. The van der Waals surface area contributed by atoms with Gasteiger partial charge in [-0.2, -0.15) is 4.31 Å². The minimum Gasteiger partial charge on any atom is -0.336 e. The Morgan fingerprint density at radius 3 is 2.03 bits per heavy atom. The zero-order chi connectivity index (χ0) is 21.3. The summed E-state index contributed by atoms with van der Waals surface area (Å²) >= 11 is 0. The maximum Gasteiger partial charge on any atom is 0.253 e. The van der Waals surface area contributed by atoms with E-state index < -0.39 is 32.4 Å². The van der Waals surface area contributed by atoms with Gasteiger partial charge in [0.2, 0.25) is 10.0 Å². The highest BCUT2D eigenvalue weighted by Crippen LogP contribution is 2.24. The van der Waals surface area contributed by atoms with Gasteiger partial charge in [-0.1, -0.05) is 26.0 Å². The van der Waals surface area contributed by atoms with Gasteiger partial charge in [0, 0.05) is 31.7 Å². The molecule has 2 aromatic carbocycles. The average Bonchev–Trinajstić information content (AvgIpc) is 2.71. The van der Waals surface area contributed by atoms with Crippen LogP contribution in [0.1, 0.15) is 35.7 Å². The van der Waals surface area contributed by atoms with E-state index in [1.54, 1.807) is 12.1 Å². The molecule has 5 nitrogen and oxygen atoms in total. The molecule has 0 atom stereocenters. The van der Waals surface area contributed by atoms with Crippen LogP contribution in [0.5, 0.6) is 0 Å². The molecule has 0 aromatic heterocycles. The molecule has 1 amide bonds. The van der Waals surface area contributed by atoms with Crippen molar-refractivity contribution in [1.82, 2.24) is 9.21 Å². The fourth-order valence-corrected chi connectivity index (χ4v) is 4.65. The predicted molar refractivity (Wildman–Crippen MR) is 102 cm³/mol. The summed E-state index contributed by atoms with van der Waals surface area (Å²) in [5, 5.41) is 0. The second-order valence-electron chi connectivity index (χ2n) is 7.15. The number of carbonyl (C=O) groups is 1. The Morgan fingerprint density at radius 1 is 0.897 bits per heavy atom. The Balaban J connectivity index is 1.71. The summed E-state index contributed by atoms with van der Waals surface area (Å²) in [5.41, 5.74) is 1.60. The van der Waals surface area contributed by atoms with Gasteiger partial charge in [-0.25, -0.2) is 21.6 Å². The average molecular weight is 426 g/mol. The number of piperazine rings is 1. The van der Waals surface area contributed by atoms with Gasteiger partial charge in [0.25, 0.3) is 5.91 Å². The first-order valence-electron chi connectivity index (χ1n) is 9.16. The normalized spacial score (nSPS) is 15.7. The van der Waals surface area contributed by atoms with E-state index in [9.17, 15) is 26.4 Å². The molecule has 1 aliphatic rings. The number of nitrogens with zero attached hydrogens (tertiary/aromatic N) is 2. The van der Waals surface area contributed by atoms with Crippen molar-refractivity contribution in [1.29, 1.82) is 0 Å². The summed E-state index contributed by atoms with van der Waals surface area (Å²) in [6, 6.07) is 8.51. The third-order valence-corrected chi connectivity index (χ3v) is 6.88. The number of rotatable bonds is 4. The highest BCUT2D eigenvalue weighted by atomic mass is 32.2. The van der Waals surface area contributed by atoms with Gasteiger partial charge in [0.05, 0.1) is 0 Å². The van der Waals surface area contributed by atoms with E-state index in [1.807, 2.05) is 26.0 Å². The van der Waals surface area contributed by atoms with Crippen molar-refractivity contribution in [3.05, 3.63) is 65.0 Å². The van der Waals surface area contributed by atoms with Gasteiger partial charge in [-0.3, -0.25) is 4.79 Å². The molecule has 1 heterocycles. The Kier molecular flexibility index (Phi) is 6.00. The molecule has 1 saturated heterocycles. The predicted octanol–water partition coefficient (Wildman–Crippen LogP) is 3.37. The standard InChI is InChI=1S/C20H21F3N2O3S/c1-13(2)14-3-5-15(6-4-14)20(26)24-9-11-25(12-10-24)29(27,28)17-8-7-16(21)18(22)19(17)23/h3-8,13H,9-12H2,1-2H3. The smallest absolute Gasteiger partial charge is 0.253 e. The SMILES string of the molecule is CC(C)c1ccc(C(=O)N2CCN(S(=O)(=O)c3ccc(F)c(F)c3F)CC2)cc1. The molecule has 3 rings (SSSR count). The topological polar surface area (TPSA) is 57.7 Å². The van der Waals surface area contributed by atoms with Crippen LogP contribution in [0.2, 0.25) is 0 Å². The Bertz CT molecular complexity index is 1020. The summed E-state index contributed by atoms with van der Waals surface area (Å²) in [5.74, 6) is -4.92. The van der Waals surface area contributed by atoms with Crippen LogP contribution in [0, 0.1) is 17.5 Å². The number of benzene rings is 2. The Hall–Kier alpha value is -2.39. The molecule has 9 heteroatoms. The summed E-state index contributed by atoms with van der Waals surface area (Å²) < 4.78 is 66.7. The molecule has 0 bridgehead atoms. The first kappa shape index (κ1) is 21.3. The molecule has 0 aliphatic carbocycles. The summed E-state index contributed by atoms with van der Waals surface area (Å²) in [4.78, 5) is 13.2. The van der Waals surface area contributed by atoms with Crippen LogP contribution < -0.4 is 0 Å². The van der Waals surface area contributed by atoms with Crippen molar-refractivity contribution < 1.29 is 26.4 Å². The highest BCUT2D eigenvalue weighted by Gasteiger charge is 2.33. The zero-order valence-electron chi connectivity index (χ0n) is 16.0. The summed E-state index contributed by atoms with van der Waals surface area (Å²) in [6.07, 6.45) is 0. The third-order valence-electron chi connectivity index (χ3n) is 4.97. The minimum absolute atomic E-state index is 0.0728. The summed E-state index contributed by atoms with van der Waals surface area (Å²) in [7, 11) is -4.35. The van der Waals surface area contributed by atoms with E-state index >= 15 is 0 Å². The van der Waals surface area contributed by atoms with Crippen molar-refractivity contribution in [2.45, 2.75) is 24.7 Å². The van der Waals surface area contributed by atoms with E-state index in [1.165, 1.54) is 4.90 Å². The van der Waals surface area contributed by atoms with Gasteiger partial charge in [-0.15, -0.1) is 0 Å². The lowest BCUT2D eigenvalue weighted by Crippen LogP contribution is -2.50. The second kappa shape index (κ2) is 8.16. The van der Waals surface area contributed by atoms with Gasteiger partial charge in [0.15, 0.2) is 17.5 Å². The van der Waals surface area contributed by atoms with Crippen LogP contribution in [-0.4, -0.2) is 49.7 Å². The first-order valence-corrected chi connectivity index (χ1v) is 10.6. The highest BCUT2D eigenvalue weighted by molar-refractivity contribution is 7.89. The van der Waals surface area contributed by atoms with Crippen molar-refractivity contribution in [2.75, 3.05) is 26.2 Å². The molecule has 2 aromatic rings. The Labute approximate surface area is 167 Å². The number of sulfonamides is 1. The van der Waals surface area contributed by atoms with Crippen LogP contribution in [0.25, 0.3) is 0 Å². The molecular weight excluding hydrogens is 405 g/mol. The number of carbonyl (C=O) groups excluding carboxylic acids is 1. The van der Waals surface area contributed by atoms with Crippen LogP contribution in [0.4, 0.5) is 13.2 Å². The third kappa shape index (κ3) is 4.16. The number of hydrogen-bond acceptors (Lipinski definition) is 3. The molecular formula is C20H21F3N2O3S. The van der Waals surface area contributed by atoms with Crippen molar-refractivity contribution in [3.63, 3.8) is 0 Å². The fourth-order valence-electron chi connectivity index (χ4n) is 3.17. The number of halogens is 3. The quantitative estimate of drug-likeness (QED) is 0.705.